The van der Waals surface area contributed by atoms with E-state index in [1.165, 1.54) is 0 Å². The fourth-order valence-electron chi connectivity index (χ4n) is 0.260. The van der Waals surface area contributed by atoms with E-state index in [4.69, 9.17) is 11.5 Å². The molecule has 1 rings (SSSR count). The summed E-state index contributed by atoms with van der Waals surface area (Å²) in [4.78, 5) is 0. The number of rotatable bonds is 0. The maximum Gasteiger partial charge on any atom is 0.0643 e. The minimum Gasteiger partial charge on any atom is -0.397 e. The highest BCUT2D eigenvalue weighted by Gasteiger charge is 2.19. The van der Waals surface area contributed by atoms with Crippen molar-refractivity contribution in [2.45, 2.75) is 0 Å². The summed E-state index contributed by atoms with van der Waals surface area (Å²) < 4.78 is 0. The summed E-state index contributed by atoms with van der Waals surface area (Å²) in [7, 11) is 0. The molecule has 0 bridgehead atoms. The van der Waals surface area contributed by atoms with Crippen LogP contribution in [0.5, 0.6) is 0 Å². The molecule has 2 heteroatoms. The third kappa shape index (κ3) is 0.162. The van der Waals surface area contributed by atoms with Crippen LogP contribution in [0.1, 0.15) is 0 Å². The van der Waals surface area contributed by atoms with E-state index in [1.807, 2.05) is 0 Å². The molecule has 6 heavy (non-hydrogen) atoms. The van der Waals surface area contributed by atoms with Crippen molar-refractivity contribution in [1.29, 1.82) is 0 Å². The predicted molar refractivity (Wildman–Crippen MR) is 24.5 cm³/mol. The SMILES string of the molecule is C=C1C(N)=C1N. The van der Waals surface area contributed by atoms with Crippen molar-refractivity contribution < 1.29 is 0 Å². The molecule has 0 fully saturated rings. The molecule has 0 aromatic heterocycles. The molecule has 1 aliphatic carbocycles. The lowest BCUT2D eigenvalue weighted by atomic mass is 10.6. The van der Waals surface area contributed by atoms with Crippen molar-refractivity contribution in [3.8, 4) is 0 Å². The zero-order valence-corrected chi connectivity index (χ0v) is 3.36. The molecule has 0 saturated heterocycles. The van der Waals surface area contributed by atoms with Crippen molar-refractivity contribution in [2.24, 2.45) is 11.5 Å². The Kier molecular flexibility index (Phi) is 0.324. The average molecular weight is 82.1 g/mol. The minimum atomic E-state index is 0.676. The van der Waals surface area contributed by atoms with Crippen molar-refractivity contribution >= 4 is 0 Å². The van der Waals surface area contributed by atoms with Gasteiger partial charge in [-0.05, 0) is 0 Å². The van der Waals surface area contributed by atoms with Gasteiger partial charge in [0.15, 0.2) is 0 Å². The van der Waals surface area contributed by atoms with Gasteiger partial charge >= 0.3 is 0 Å². The van der Waals surface area contributed by atoms with Gasteiger partial charge in [0.2, 0.25) is 0 Å². The molecule has 0 unspecified atom stereocenters. The second kappa shape index (κ2) is 0.593. The summed E-state index contributed by atoms with van der Waals surface area (Å²) in [5, 5.41) is 0. The quantitative estimate of drug-likeness (QED) is 0.421. The third-order valence-corrected chi connectivity index (χ3v) is 0.878. The summed E-state index contributed by atoms with van der Waals surface area (Å²) in [6, 6.07) is 0. The molecule has 32 valence electrons. The first kappa shape index (κ1) is 3.28. The van der Waals surface area contributed by atoms with Crippen LogP contribution in [0.4, 0.5) is 0 Å². The molecule has 2 nitrogen and oxygen atoms in total. The first-order valence-corrected chi connectivity index (χ1v) is 1.68. The molecule has 4 N–H and O–H groups in total. The lowest BCUT2D eigenvalue weighted by Gasteiger charge is -1.60. The fourth-order valence-corrected chi connectivity index (χ4v) is 0.260. The molecule has 0 amide bonds. The van der Waals surface area contributed by atoms with E-state index in [9.17, 15) is 0 Å². The maximum absolute atomic E-state index is 5.16. The van der Waals surface area contributed by atoms with Crippen LogP contribution in [-0.4, -0.2) is 0 Å². The lowest BCUT2D eigenvalue weighted by Crippen LogP contribution is -1.81. The summed E-state index contributed by atoms with van der Waals surface area (Å²) in [6.07, 6.45) is 0. The Morgan fingerprint density at radius 3 is 1.33 bits per heavy atom. The van der Waals surface area contributed by atoms with Gasteiger partial charge in [-0.3, -0.25) is 0 Å². The van der Waals surface area contributed by atoms with E-state index in [0.29, 0.717) is 11.4 Å². The first-order chi connectivity index (χ1) is 2.73. The predicted octanol–water partition coefficient (Wildman–Crippen LogP) is -0.315. The molecule has 0 aromatic rings. The monoisotopic (exact) mass is 82.1 g/mol. The van der Waals surface area contributed by atoms with Crippen LogP contribution in [0, 0.1) is 0 Å². The van der Waals surface area contributed by atoms with E-state index in [2.05, 4.69) is 6.58 Å². The molecular formula is C4H6N2. The lowest BCUT2D eigenvalue weighted by molar-refractivity contribution is 1.50. The van der Waals surface area contributed by atoms with Crippen LogP contribution < -0.4 is 11.5 Å². The van der Waals surface area contributed by atoms with Crippen LogP contribution in [0.3, 0.4) is 0 Å². The van der Waals surface area contributed by atoms with Crippen molar-refractivity contribution in [1.82, 2.24) is 0 Å². The second-order valence-electron chi connectivity index (χ2n) is 1.31. The summed E-state index contributed by atoms with van der Waals surface area (Å²) in [6.45, 7) is 3.50. The smallest absolute Gasteiger partial charge is 0.0643 e. The molecule has 0 spiro atoms. The molecule has 0 aliphatic heterocycles. The van der Waals surface area contributed by atoms with E-state index in [0.717, 1.165) is 5.57 Å². The van der Waals surface area contributed by atoms with Crippen molar-refractivity contribution in [3.05, 3.63) is 23.5 Å². The molecule has 0 heterocycles. The van der Waals surface area contributed by atoms with Crippen LogP contribution >= 0.6 is 0 Å². The van der Waals surface area contributed by atoms with Gasteiger partial charge in [-0.15, -0.1) is 0 Å². The summed E-state index contributed by atoms with van der Waals surface area (Å²) >= 11 is 0. The zero-order chi connectivity index (χ0) is 4.73. The topological polar surface area (TPSA) is 52.0 Å². The van der Waals surface area contributed by atoms with Gasteiger partial charge in [-0.25, -0.2) is 0 Å². The van der Waals surface area contributed by atoms with Crippen molar-refractivity contribution in [2.75, 3.05) is 0 Å². The van der Waals surface area contributed by atoms with E-state index < -0.39 is 0 Å². The van der Waals surface area contributed by atoms with Gasteiger partial charge in [-0.2, -0.15) is 0 Å². The number of allylic oxidation sites excluding steroid dienone is 2. The van der Waals surface area contributed by atoms with Crippen LogP contribution in [0.2, 0.25) is 0 Å². The Morgan fingerprint density at radius 2 is 1.33 bits per heavy atom. The highest BCUT2D eigenvalue weighted by molar-refractivity contribution is 5.60. The number of hydrogen-bond acceptors (Lipinski definition) is 2. The zero-order valence-electron chi connectivity index (χ0n) is 3.36. The Labute approximate surface area is 36.1 Å². The van der Waals surface area contributed by atoms with E-state index >= 15 is 0 Å². The van der Waals surface area contributed by atoms with Gasteiger partial charge < -0.3 is 11.5 Å². The van der Waals surface area contributed by atoms with Gasteiger partial charge in [0, 0.05) is 5.57 Å². The van der Waals surface area contributed by atoms with E-state index in [1.54, 1.807) is 0 Å². The highest BCUT2D eigenvalue weighted by atomic mass is 14.8. The number of nitrogens with two attached hydrogens (primary N) is 2. The normalized spacial score (nSPS) is 19.0. The maximum atomic E-state index is 5.16. The second-order valence-corrected chi connectivity index (χ2v) is 1.31. The highest BCUT2D eigenvalue weighted by Crippen LogP contribution is 2.25. The van der Waals surface area contributed by atoms with Gasteiger partial charge in [-0.1, -0.05) is 6.58 Å². The third-order valence-electron chi connectivity index (χ3n) is 0.878. The Bertz CT molecular complexity index is 118. The standard InChI is InChI=1S/C4H6N2/c1-2-3(5)4(2)6/h1,5-6H2. The molecule has 0 atom stereocenters. The van der Waals surface area contributed by atoms with Crippen molar-refractivity contribution in [3.63, 3.8) is 0 Å². The van der Waals surface area contributed by atoms with E-state index in [-0.39, 0.29) is 0 Å². The van der Waals surface area contributed by atoms with Crippen LogP contribution in [0.25, 0.3) is 0 Å². The van der Waals surface area contributed by atoms with Crippen LogP contribution in [0.15, 0.2) is 23.5 Å². The van der Waals surface area contributed by atoms with Crippen LogP contribution in [-0.2, 0) is 0 Å². The molecular weight excluding hydrogens is 76.1 g/mol. The molecule has 0 radical (unpaired) electrons. The minimum absolute atomic E-state index is 0.676. The van der Waals surface area contributed by atoms with Gasteiger partial charge in [0.1, 0.15) is 0 Å². The molecule has 0 saturated carbocycles. The fraction of sp³-hybridized carbons (Fsp3) is 0. The molecule has 0 aromatic carbocycles. The molecule has 1 aliphatic rings. The summed E-state index contributed by atoms with van der Waals surface area (Å²) in [5.74, 6) is 0. The Morgan fingerprint density at radius 1 is 1.17 bits per heavy atom. The average Bonchev–Trinajstić information content (AvgIpc) is 1.94. The Hall–Kier alpha value is -0.920. The first-order valence-electron chi connectivity index (χ1n) is 1.68. The van der Waals surface area contributed by atoms with Gasteiger partial charge in [0.25, 0.3) is 0 Å². The number of hydrogen-bond donors (Lipinski definition) is 2. The van der Waals surface area contributed by atoms with Gasteiger partial charge in [0.05, 0.1) is 11.4 Å². The summed E-state index contributed by atoms with van der Waals surface area (Å²) in [5.41, 5.74) is 12.5. The Balaban J connectivity index is 2.78. The largest absolute Gasteiger partial charge is 0.397 e.